The Morgan fingerprint density at radius 3 is 2.68 bits per heavy atom. The van der Waals surface area contributed by atoms with Gasteiger partial charge in [-0.2, -0.15) is 0 Å². The van der Waals surface area contributed by atoms with Crippen LogP contribution in [0, 0.1) is 17.0 Å². The van der Waals surface area contributed by atoms with Crippen molar-refractivity contribution >= 4 is 17.3 Å². The van der Waals surface area contributed by atoms with Gasteiger partial charge in [-0.05, 0) is 31.9 Å². The molecule has 0 saturated heterocycles. The zero-order chi connectivity index (χ0) is 20.1. The van der Waals surface area contributed by atoms with Crippen LogP contribution in [-0.2, 0) is 11.3 Å². The van der Waals surface area contributed by atoms with E-state index in [-0.39, 0.29) is 11.6 Å². The number of amides is 1. The highest BCUT2D eigenvalue weighted by Crippen LogP contribution is 2.30. The third kappa shape index (κ3) is 4.86. The predicted molar refractivity (Wildman–Crippen MR) is 108 cm³/mol. The molecule has 2 aromatic carbocycles. The minimum Gasteiger partial charge on any atom is -0.496 e. The first-order valence-corrected chi connectivity index (χ1v) is 9.39. The number of nitrogens with zero attached hydrogens (tertiary/aromatic N) is 2. The molecule has 0 atom stereocenters. The summed E-state index contributed by atoms with van der Waals surface area (Å²) in [6.45, 7) is 3.01. The quantitative estimate of drug-likeness (QED) is 0.524. The zero-order valence-electron chi connectivity index (χ0n) is 16.2. The van der Waals surface area contributed by atoms with Gasteiger partial charge in [0.1, 0.15) is 5.75 Å². The molecule has 1 amide bonds. The fourth-order valence-corrected chi connectivity index (χ4v) is 3.30. The number of anilines is 1. The van der Waals surface area contributed by atoms with Crippen molar-refractivity contribution in [2.24, 2.45) is 0 Å². The van der Waals surface area contributed by atoms with Crippen molar-refractivity contribution < 1.29 is 14.5 Å². The molecule has 0 aromatic heterocycles. The summed E-state index contributed by atoms with van der Waals surface area (Å²) in [5, 5.41) is 13.9. The highest BCUT2D eigenvalue weighted by molar-refractivity contribution is 5.92. The lowest BCUT2D eigenvalue weighted by Gasteiger charge is -2.23. The van der Waals surface area contributed by atoms with Crippen molar-refractivity contribution in [3.63, 3.8) is 0 Å². The standard InChI is InChI=1S/C21H25N3O4/c1-15-18(7-5-8-19(15)24(26)27)22-21(25)12-13-23(17-10-11-17)14-16-6-3-4-9-20(16)28-2/h3-9,17H,10-14H2,1-2H3,(H,22,25). The maximum absolute atomic E-state index is 12.4. The minimum atomic E-state index is -0.437. The second kappa shape index (κ2) is 8.84. The molecular formula is C21H25N3O4. The van der Waals surface area contributed by atoms with Gasteiger partial charge in [0.15, 0.2) is 0 Å². The number of hydrogen-bond acceptors (Lipinski definition) is 5. The fourth-order valence-electron chi connectivity index (χ4n) is 3.30. The van der Waals surface area contributed by atoms with Crippen LogP contribution < -0.4 is 10.1 Å². The number of nitro benzene ring substituents is 1. The lowest BCUT2D eigenvalue weighted by atomic mass is 10.1. The molecule has 0 bridgehead atoms. The van der Waals surface area contributed by atoms with Gasteiger partial charge < -0.3 is 10.1 Å². The van der Waals surface area contributed by atoms with Gasteiger partial charge in [0, 0.05) is 37.2 Å². The minimum absolute atomic E-state index is 0.00794. The maximum atomic E-state index is 12.4. The molecule has 1 aliphatic carbocycles. The summed E-state index contributed by atoms with van der Waals surface area (Å²) in [6.07, 6.45) is 2.61. The highest BCUT2D eigenvalue weighted by Gasteiger charge is 2.29. The summed E-state index contributed by atoms with van der Waals surface area (Å²) < 4.78 is 5.43. The largest absolute Gasteiger partial charge is 0.496 e. The molecule has 0 radical (unpaired) electrons. The predicted octanol–water partition coefficient (Wildman–Crippen LogP) is 3.91. The van der Waals surface area contributed by atoms with E-state index >= 15 is 0 Å². The first-order valence-electron chi connectivity index (χ1n) is 9.39. The van der Waals surface area contributed by atoms with Crippen LogP contribution in [0.15, 0.2) is 42.5 Å². The topological polar surface area (TPSA) is 84.7 Å². The van der Waals surface area contributed by atoms with E-state index in [1.165, 1.54) is 6.07 Å². The van der Waals surface area contributed by atoms with E-state index in [1.54, 1.807) is 26.2 Å². The molecule has 0 heterocycles. The molecule has 28 heavy (non-hydrogen) atoms. The van der Waals surface area contributed by atoms with Crippen LogP contribution in [0.2, 0.25) is 0 Å². The molecule has 1 N–H and O–H groups in total. The van der Waals surface area contributed by atoms with Crippen molar-refractivity contribution in [3.8, 4) is 5.75 Å². The number of ether oxygens (including phenoxy) is 1. The van der Waals surface area contributed by atoms with Crippen LogP contribution in [-0.4, -0.2) is 35.4 Å². The van der Waals surface area contributed by atoms with E-state index in [2.05, 4.69) is 10.2 Å². The molecule has 7 heteroatoms. The Hall–Kier alpha value is -2.93. The summed E-state index contributed by atoms with van der Waals surface area (Å²) in [4.78, 5) is 25.4. The Balaban J connectivity index is 1.61. The number of nitro groups is 1. The van der Waals surface area contributed by atoms with E-state index in [9.17, 15) is 14.9 Å². The Bertz CT molecular complexity index is 864. The smallest absolute Gasteiger partial charge is 0.274 e. The van der Waals surface area contributed by atoms with Gasteiger partial charge >= 0.3 is 0 Å². The van der Waals surface area contributed by atoms with Crippen molar-refractivity contribution in [1.29, 1.82) is 0 Å². The van der Waals surface area contributed by atoms with Crippen molar-refractivity contribution in [3.05, 3.63) is 63.7 Å². The molecule has 1 saturated carbocycles. The number of rotatable bonds is 9. The van der Waals surface area contributed by atoms with Crippen LogP contribution in [0.4, 0.5) is 11.4 Å². The van der Waals surface area contributed by atoms with E-state index in [1.807, 2.05) is 24.3 Å². The van der Waals surface area contributed by atoms with E-state index in [0.717, 1.165) is 30.7 Å². The third-order valence-corrected chi connectivity index (χ3v) is 5.03. The van der Waals surface area contributed by atoms with Crippen LogP contribution >= 0.6 is 0 Å². The molecule has 7 nitrogen and oxygen atoms in total. The van der Waals surface area contributed by atoms with E-state index in [4.69, 9.17) is 4.74 Å². The van der Waals surface area contributed by atoms with E-state index < -0.39 is 4.92 Å². The Morgan fingerprint density at radius 1 is 1.25 bits per heavy atom. The number of benzene rings is 2. The third-order valence-electron chi connectivity index (χ3n) is 5.03. The lowest BCUT2D eigenvalue weighted by molar-refractivity contribution is -0.385. The fraction of sp³-hybridized carbons (Fsp3) is 0.381. The van der Waals surface area contributed by atoms with Crippen molar-refractivity contribution in [1.82, 2.24) is 4.90 Å². The molecule has 1 fully saturated rings. The van der Waals surface area contributed by atoms with Gasteiger partial charge in [-0.1, -0.05) is 24.3 Å². The molecule has 0 aliphatic heterocycles. The maximum Gasteiger partial charge on any atom is 0.274 e. The second-order valence-electron chi connectivity index (χ2n) is 7.02. The molecule has 0 unspecified atom stereocenters. The van der Waals surface area contributed by atoms with Gasteiger partial charge in [-0.15, -0.1) is 0 Å². The van der Waals surface area contributed by atoms with Gasteiger partial charge in [0.2, 0.25) is 5.91 Å². The van der Waals surface area contributed by atoms with Crippen molar-refractivity contribution in [2.75, 3.05) is 19.0 Å². The first-order chi connectivity index (χ1) is 13.5. The summed E-state index contributed by atoms with van der Waals surface area (Å²) in [5.41, 5.74) is 2.07. The van der Waals surface area contributed by atoms with Gasteiger partial charge in [0.25, 0.3) is 5.69 Å². The first kappa shape index (κ1) is 19.8. The summed E-state index contributed by atoms with van der Waals surface area (Å²) in [6, 6.07) is 13.1. The van der Waals surface area contributed by atoms with Crippen LogP contribution in [0.5, 0.6) is 5.75 Å². The summed E-state index contributed by atoms with van der Waals surface area (Å²) >= 11 is 0. The molecule has 2 aromatic rings. The normalized spacial score (nSPS) is 13.4. The zero-order valence-corrected chi connectivity index (χ0v) is 16.2. The average Bonchev–Trinajstić information content (AvgIpc) is 3.52. The monoisotopic (exact) mass is 383 g/mol. The molecular weight excluding hydrogens is 358 g/mol. The number of hydrogen-bond donors (Lipinski definition) is 1. The van der Waals surface area contributed by atoms with Crippen LogP contribution in [0.25, 0.3) is 0 Å². The SMILES string of the molecule is COc1ccccc1CN(CCC(=O)Nc1cccc([N+](=O)[O-])c1C)C1CC1. The number of carbonyl (C=O) groups is 1. The molecule has 3 rings (SSSR count). The number of para-hydroxylation sites is 1. The molecule has 0 spiro atoms. The Kier molecular flexibility index (Phi) is 6.26. The Labute approximate surface area is 164 Å². The molecule has 148 valence electrons. The lowest BCUT2D eigenvalue weighted by Crippen LogP contribution is -2.29. The second-order valence-corrected chi connectivity index (χ2v) is 7.02. The van der Waals surface area contributed by atoms with Crippen LogP contribution in [0.3, 0.4) is 0 Å². The summed E-state index contributed by atoms with van der Waals surface area (Å²) in [7, 11) is 1.66. The van der Waals surface area contributed by atoms with Crippen LogP contribution in [0.1, 0.15) is 30.4 Å². The van der Waals surface area contributed by atoms with Crippen molar-refractivity contribution in [2.45, 2.75) is 38.8 Å². The number of nitrogens with one attached hydrogen (secondary N) is 1. The summed E-state index contributed by atoms with van der Waals surface area (Å²) in [5.74, 6) is 0.707. The van der Waals surface area contributed by atoms with Gasteiger partial charge in [-0.25, -0.2) is 0 Å². The van der Waals surface area contributed by atoms with Gasteiger partial charge in [-0.3, -0.25) is 19.8 Å². The highest BCUT2D eigenvalue weighted by atomic mass is 16.6. The number of methoxy groups -OCH3 is 1. The van der Waals surface area contributed by atoms with Gasteiger partial charge in [0.05, 0.1) is 23.3 Å². The average molecular weight is 383 g/mol. The Morgan fingerprint density at radius 2 is 2.00 bits per heavy atom. The van der Waals surface area contributed by atoms with E-state index in [0.29, 0.717) is 30.3 Å². The molecule has 1 aliphatic rings. The number of carbonyl (C=O) groups excluding carboxylic acids is 1.